The summed E-state index contributed by atoms with van der Waals surface area (Å²) in [5, 5.41) is 43.9. The summed E-state index contributed by atoms with van der Waals surface area (Å²) in [4.78, 5) is 106. The van der Waals surface area contributed by atoms with Crippen molar-refractivity contribution in [2.75, 3.05) is 40.3 Å². The molecule has 10 N–H and O–H groups in total. The number of carbonyl (C=O) groups excluding carboxylic acids is 8. The molecule has 19 heteroatoms. The summed E-state index contributed by atoms with van der Waals surface area (Å²) in [6, 6.07) is 3.21. The van der Waals surface area contributed by atoms with Gasteiger partial charge in [0.2, 0.25) is 47.3 Å². The van der Waals surface area contributed by atoms with Gasteiger partial charge in [-0.1, -0.05) is 110 Å². The standard InChI is InChI=1S/C47H70N8O11.C2H6/c1-5-6-7-8-9-10-11-12-13-14-15-16-17-18-41(61)54(3)36(29-56)46(65)50-26-39(59)49-28-42(62)55(4)43-32-20-22-38(58)34(25-32)33-23-31(19-21-37(33)57)24-35(45(64)52-30(2)44(48)63)53-40(60)27-51-47(43)66;1-2/h19-23,25,30,35-36,43,56-58H,5-18,24,26-29H2,1-4H3,(H2,48,63)(H,49,59)(H,50,65)(H,51,66)(H,52,64)(H,53,60);1-2H3. The zero-order valence-corrected chi connectivity index (χ0v) is 40.8. The molecular formula is C49H76N8O11. The summed E-state index contributed by atoms with van der Waals surface area (Å²) in [6.45, 7) is 5.00. The van der Waals surface area contributed by atoms with Crippen LogP contribution in [0.25, 0.3) is 11.1 Å². The summed E-state index contributed by atoms with van der Waals surface area (Å²) < 4.78 is 0. The number of hydrogen-bond donors (Lipinski definition) is 9. The first kappa shape index (κ1) is 57.9. The van der Waals surface area contributed by atoms with E-state index >= 15 is 0 Å². The second kappa shape index (κ2) is 30.9. The van der Waals surface area contributed by atoms with Crippen molar-refractivity contribution in [3.05, 3.63) is 47.5 Å². The number of nitrogens with zero attached hydrogens (tertiary/aromatic N) is 2. The topological polar surface area (TPSA) is 290 Å². The van der Waals surface area contributed by atoms with E-state index in [1.807, 2.05) is 13.8 Å². The maximum atomic E-state index is 13.8. The molecule has 4 unspecified atom stereocenters. The summed E-state index contributed by atoms with van der Waals surface area (Å²) in [5.41, 5.74) is 6.04. The van der Waals surface area contributed by atoms with Crippen molar-refractivity contribution >= 4 is 47.3 Å². The minimum atomic E-state index is -1.47. The number of benzene rings is 2. The zero-order valence-electron chi connectivity index (χ0n) is 40.8. The van der Waals surface area contributed by atoms with Crippen LogP contribution in [0.2, 0.25) is 0 Å². The average molecular weight is 953 g/mol. The predicted molar refractivity (Wildman–Crippen MR) is 257 cm³/mol. The Morgan fingerprint density at radius 1 is 0.779 bits per heavy atom. The van der Waals surface area contributed by atoms with E-state index < -0.39 is 91.8 Å². The molecule has 4 atom stereocenters. The van der Waals surface area contributed by atoms with E-state index in [1.54, 1.807) is 0 Å². The molecule has 4 bridgehead atoms. The smallest absolute Gasteiger partial charge is 0.247 e. The fourth-order valence-electron chi connectivity index (χ4n) is 7.57. The summed E-state index contributed by atoms with van der Waals surface area (Å²) in [7, 11) is 2.68. The van der Waals surface area contributed by atoms with Crippen LogP contribution in [-0.2, 0) is 44.8 Å². The number of aliphatic hydroxyl groups excluding tert-OH is 1. The van der Waals surface area contributed by atoms with Gasteiger partial charge in [-0.25, -0.2) is 0 Å². The lowest BCUT2D eigenvalue weighted by Crippen LogP contribution is -2.54. The average Bonchev–Trinajstić information content (AvgIpc) is 3.32. The molecule has 0 fully saturated rings. The first-order valence-corrected chi connectivity index (χ1v) is 24.0. The zero-order chi connectivity index (χ0) is 50.8. The molecule has 1 heterocycles. The van der Waals surface area contributed by atoms with E-state index in [-0.39, 0.29) is 46.9 Å². The van der Waals surface area contributed by atoms with Crippen LogP contribution in [0.15, 0.2) is 36.4 Å². The van der Waals surface area contributed by atoms with Gasteiger partial charge in [-0.3, -0.25) is 38.4 Å². The lowest BCUT2D eigenvalue weighted by molar-refractivity contribution is -0.141. The molecule has 0 saturated heterocycles. The van der Waals surface area contributed by atoms with E-state index in [9.17, 15) is 53.7 Å². The largest absolute Gasteiger partial charge is 0.507 e. The van der Waals surface area contributed by atoms with Crippen molar-refractivity contribution < 1.29 is 53.7 Å². The van der Waals surface area contributed by atoms with Crippen LogP contribution in [0, 0.1) is 0 Å². The Morgan fingerprint density at radius 2 is 1.34 bits per heavy atom. The van der Waals surface area contributed by atoms with E-state index in [0.29, 0.717) is 12.0 Å². The third kappa shape index (κ3) is 19.2. The number of primary amides is 1. The second-order valence-corrected chi connectivity index (χ2v) is 16.9. The quantitative estimate of drug-likeness (QED) is 0.0653. The SMILES string of the molecule is CC.CCCCCCCCCCCCCCCC(=O)N(C)C(CO)C(=O)NCC(=O)NCC(=O)N(C)C1C(=O)NCC(=O)NC(C(=O)NC(C)C(N)=O)Cc2ccc(O)c(c2)-c2cc1ccc2O. The summed E-state index contributed by atoms with van der Waals surface area (Å²) >= 11 is 0. The molecule has 2 aromatic carbocycles. The molecule has 2 aromatic rings. The number of likely N-dealkylation sites (N-methyl/N-ethyl adjacent to an activating group) is 2. The molecule has 1 aliphatic heterocycles. The number of phenolic OH excluding ortho intramolecular Hbond substituents is 2. The molecular weight excluding hydrogens is 877 g/mol. The molecule has 0 saturated carbocycles. The highest BCUT2D eigenvalue weighted by Crippen LogP contribution is 2.38. The van der Waals surface area contributed by atoms with Gasteiger partial charge in [0.25, 0.3) is 0 Å². The molecule has 8 amide bonds. The Hall–Kier alpha value is -6.24. The minimum absolute atomic E-state index is 0.0621. The third-order valence-electron chi connectivity index (χ3n) is 11.7. The van der Waals surface area contributed by atoms with Gasteiger partial charge in [-0.15, -0.1) is 0 Å². The van der Waals surface area contributed by atoms with Crippen molar-refractivity contribution in [3.8, 4) is 22.6 Å². The summed E-state index contributed by atoms with van der Waals surface area (Å²) in [6.07, 6.45) is 15.2. The van der Waals surface area contributed by atoms with Crippen molar-refractivity contribution in [1.82, 2.24) is 36.4 Å². The van der Waals surface area contributed by atoms with Crippen molar-refractivity contribution in [2.45, 2.75) is 148 Å². The van der Waals surface area contributed by atoms with Gasteiger partial charge in [0.15, 0.2) is 0 Å². The first-order valence-electron chi connectivity index (χ1n) is 24.0. The van der Waals surface area contributed by atoms with Gasteiger partial charge in [0.05, 0.1) is 26.2 Å². The van der Waals surface area contributed by atoms with Crippen LogP contribution in [-0.4, -0.2) is 131 Å². The maximum Gasteiger partial charge on any atom is 0.247 e. The Labute approximate surface area is 400 Å². The number of rotatable bonds is 25. The number of carbonyl (C=O) groups is 8. The van der Waals surface area contributed by atoms with Gasteiger partial charge in [0.1, 0.15) is 35.7 Å². The molecule has 0 aromatic heterocycles. The monoisotopic (exact) mass is 953 g/mol. The lowest BCUT2D eigenvalue weighted by Gasteiger charge is -2.29. The predicted octanol–water partition coefficient (Wildman–Crippen LogP) is 2.97. The minimum Gasteiger partial charge on any atom is -0.507 e. The highest BCUT2D eigenvalue weighted by molar-refractivity contribution is 5.96. The van der Waals surface area contributed by atoms with Crippen molar-refractivity contribution in [3.63, 3.8) is 0 Å². The molecule has 0 spiro atoms. The first-order chi connectivity index (χ1) is 32.5. The molecule has 3 rings (SSSR count). The second-order valence-electron chi connectivity index (χ2n) is 16.9. The number of fused-ring (bicyclic) bond motifs is 5. The molecule has 19 nitrogen and oxygen atoms in total. The Morgan fingerprint density at radius 3 is 1.91 bits per heavy atom. The van der Waals surface area contributed by atoms with Crippen molar-refractivity contribution in [2.24, 2.45) is 5.73 Å². The highest BCUT2D eigenvalue weighted by Gasteiger charge is 2.32. The van der Waals surface area contributed by atoms with E-state index in [0.717, 1.165) is 29.1 Å². The molecule has 378 valence electrons. The number of nitrogens with one attached hydrogen (secondary N) is 5. The number of amides is 8. The molecule has 0 radical (unpaired) electrons. The van der Waals surface area contributed by atoms with Crippen LogP contribution in [0.4, 0.5) is 0 Å². The van der Waals surface area contributed by atoms with Gasteiger partial charge in [-0.2, -0.15) is 0 Å². The van der Waals surface area contributed by atoms with Crippen LogP contribution in [0.1, 0.15) is 135 Å². The number of hydrogen-bond acceptors (Lipinski definition) is 11. The molecule has 1 aliphatic rings. The van der Waals surface area contributed by atoms with Gasteiger partial charge >= 0.3 is 0 Å². The normalized spacial score (nSPS) is 15.4. The number of unbranched alkanes of at least 4 members (excludes halogenated alkanes) is 12. The van der Waals surface area contributed by atoms with Crippen LogP contribution >= 0.6 is 0 Å². The lowest BCUT2D eigenvalue weighted by atomic mass is 9.94. The number of aromatic hydroxyl groups is 2. The molecule has 68 heavy (non-hydrogen) atoms. The fourth-order valence-corrected chi connectivity index (χ4v) is 7.57. The van der Waals surface area contributed by atoms with Gasteiger partial charge in [-0.05, 0) is 48.7 Å². The maximum absolute atomic E-state index is 13.8. The van der Waals surface area contributed by atoms with Crippen LogP contribution in [0.3, 0.4) is 0 Å². The van der Waals surface area contributed by atoms with E-state index in [2.05, 4.69) is 33.5 Å². The number of aliphatic hydroxyl groups is 1. The fraction of sp³-hybridized carbons (Fsp3) is 0.592. The van der Waals surface area contributed by atoms with E-state index in [1.165, 1.54) is 115 Å². The molecule has 0 aliphatic carbocycles. The van der Waals surface area contributed by atoms with Gasteiger partial charge < -0.3 is 57.4 Å². The van der Waals surface area contributed by atoms with Crippen LogP contribution in [0.5, 0.6) is 11.5 Å². The number of phenols is 2. The van der Waals surface area contributed by atoms with Gasteiger partial charge in [0, 0.05) is 38.1 Å². The summed E-state index contributed by atoms with van der Waals surface area (Å²) in [5.74, 6) is -6.49. The third-order valence-corrected chi connectivity index (χ3v) is 11.7. The van der Waals surface area contributed by atoms with Crippen LogP contribution < -0.4 is 32.3 Å². The number of nitrogens with two attached hydrogens (primary N) is 1. The van der Waals surface area contributed by atoms with Crippen molar-refractivity contribution in [1.29, 1.82) is 0 Å². The van der Waals surface area contributed by atoms with E-state index in [4.69, 9.17) is 5.73 Å². The highest BCUT2D eigenvalue weighted by atomic mass is 16.3. The Bertz CT molecular complexity index is 2000. The Kier molecular flexibility index (Phi) is 26.3. The Balaban J connectivity index is 0.00000782.